The quantitative estimate of drug-likeness (QED) is 0.809. The Balaban J connectivity index is 2.57. The average Bonchev–Trinajstić information content (AvgIpc) is 2.22. The highest BCUT2D eigenvalue weighted by molar-refractivity contribution is 7.91. The molecule has 0 radical (unpaired) electrons. The summed E-state index contributed by atoms with van der Waals surface area (Å²) in [7, 11) is -3.04. The van der Waals surface area contributed by atoms with Crippen LogP contribution < -0.4 is 10.5 Å². The first-order chi connectivity index (χ1) is 7.96. The molecular formula is C11H16ClNO3S. The zero-order chi connectivity index (χ0) is 12.9. The van der Waals surface area contributed by atoms with E-state index in [1.807, 2.05) is 6.92 Å². The van der Waals surface area contributed by atoms with Gasteiger partial charge in [0.15, 0.2) is 15.6 Å². The summed E-state index contributed by atoms with van der Waals surface area (Å²) in [6.45, 7) is 1.89. The highest BCUT2D eigenvalue weighted by Gasteiger charge is 2.11. The van der Waals surface area contributed by atoms with Crippen molar-refractivity contribution in [2.45, 2.75) is 13.3 Å². The molecule has 2 N–H and O–H groups in total. The van der Waals surface area contributed by atoms with Gasteiger partial charge < -0.3 is 10.5 Å². The van der Waals surface area contributed by atoms with Gasteiger partial charge >= 0.3 is 0 Å². The van der Waals surface area contributed by atoms with Gasteiger partial charge in [0.05, 0.1) is 22.2 Å². The summed E-state index contributed by atoms with van der Waals surface area (Å²) in [6.07, 6.45) is 0.608. The standard InChI is InChI=1S/C11H16ClNO3S/c1-2-7-17(14,15)8-6-16-11-9(12)4-3-5-10(11)13/h3-5H,2,6-8,13H2,1H3. The fourth-order valence-electron chi connectivity index (χ4n) is 1.36. The Morgan fingerprint density at radius 1 is 1.35 bits per heavy atom. The van der Waals surface area contributed by atoms with Crippen LogP contribution in [0.5, 0.6) is 5.75 Å². The topological polar surface area (TPSA) is 69.4 Å². The molecule has 0 spiro atoms. The van der Waals surface area contributed by atoms with Gasteiger partial charge in [-0.15, -0.1) is 0 Å². The summed E-state index contributed by atoms with van der Waals surface area (Å²) in [6, 6.07) is 5.01. The minimum absolute atomic E-state index is 0.0223. The van der Waals surface area contributed by atoms with E-state index in [4.69, 9.17) is 22.1 Å². The number of nitrogens with two attached hydrogens (primary N) is 1. The number of ether oxygens (including phenoxy) is 1. The summed E-state index contributed by atoms with van der Waals surface area (Å²) in [5.41, 5.74) is 6.08. The van der Waals surface area contributed by atoms with Crippen molar-refractivity contribution in [2.75, 3.05) is 23.8 Å². The van der Waals surface area contributed by atoms with Gasteiger partial charge in [0.1, 0.15) is 6.61 Å². The van der Waals surface area contributed by atoms with Crippen LogP contribution in [-0.2, 0) is 9.84 Å². The number of nitrogen functional groups attached to an aromatic ring is 1. The second kappa shape index (κ2) is 6.12. The molecule has 0 saturated heterocycles. The Labute approximate surface area is 107 Å². The van der Waals surface area contributed by atoms with Crippen LogP contribution in [0.3, 0.4) is 0 Å². The number of anilines is 1. The Kier molecular flexibility index (Phi) is 5.08. The number of sulfone groups is 1. The van der Waals surface area contributed by atoms with Crippen molar-refractivity contribution in [3.63, 3.8) is 0 Å². The van der Waals surface area contributed by atoms with Gasteiger partial charge in [-0.3, -0.25) is 0 Å². The van der Waals surface area contributed by atoms with E-state index in [0.717, 1.165) is 0 Å². The molecule has 0 atom stereocenters. The van der Waals surface area contributed by atoms with Gasteiger partial charge in [-0.2, -0.15) is 0 Å². The maximum atomic E-state index is 11.4. The third kappa shape index (κ3) is 4.44. The molecule has 1 rings (SSSR count). The second-order valence-electron chi connectivity index (χ2n) is 3.66. The summed E-state index contributed by atoms with van der Waals surface area (Å²) in [4.78, 5) is 0. The third-order valence-corrected chi connectivity index (χ3v) is 4.27. The number of halogens is 1. The van der Waals surface area contributed by atoms with E-state index in [1.54, 1.807) is 18.2 Å². The van der Waals surface area contributed by atoms with Crippen LogP contribution in [0.4, 0.5) is 5.69 Å². The van der Waals surface area contributed by atoms with Crippen LogP contribution in [0.2, 0.25) is 5.02 Å². The van der Waals surface area contributed by atoms with Crippen LogP contribution in [0.25, 0.3) is 0 Å². The first-order valence-corrected chi connectivity index (χ1v) is 7.53. The molecule has 0 bridgehead atoms. The van der Waals surface area contributed by atoms with E-state index >= 15 is 0 Å². The fourth-order valence-corrected chi connectivity index (χ4v) is 2.76. The van der Waals surface area contributed by atoms with Crippen molar-refractivity contribution in [3.05, 3.63) is 23.2 Å². The van der Waals surface area contributed by atoms with Gasteiger partial charge in [-0.25, -0.2) is 8.42 Å². The fraction of sp³-hybridized carbons (Fsp3) is 0.455. The van der Waals surface area contributed by atoms with Crippen LogP contribution in [0, 0.1) is 0 Å². The first-order valence-electron chi connectivity index (χ1n) is 5.33. The van der Waals surface area contributed by atoms with E-state index in [0.29, 0.717) is 22.9 Å². The van der Waals surface area contributed by atoms with Crippen LogP contribution in [-0.4, -0.2) is 26.5 Å². The average molecular weight is 278 g/mol. The predicted molar refractivity (Wildman–Crippen MR) is 70.3 cm³/mol. The van der Waals surface area contributed by atoms with E-state index in [9.17, 15) is 8.42 Å². The van der Waals surface area contributed by atoms with Gasteiger partial charge in [-0.05, 0) is 18.6 Å². The van der Waals surface area contributed by atoms with Gasteiger partial charge in [0.25, 0.3) is 0 Å². The number of benzene rings is 1. The summed E-state index contributed by atoms with van der Waals surface area (Å²) >= 11 is 5.89. The van der Waals surface area contributed by atoms with Crippen LogP contribution >= 0.6 is 11.6 Å². The van der Waals surface area contributed by atoms with Crippen molar-refractivity contribution in [2.24, 2.45) is 0 Å². The van der Waals surface area contributed by atoms with Crippen molar-refractivity contribution >= 4 is 27.1 Å². The maximum absolute atomic E-state index is 11.4. The summed E-state index contributed by atoms with van der Waals surface area (Å²) in [5.74, 6) is 0.501. The highest BCUT2D eigenvalue weighted by Crippen LogP contribution is 2.30. The molecule has 96 valence electrons. The lowest BCUT2D eigenvalue weighted by Crippen LogP contribution is -2.17. The molecule has 0 heterocycles. The largest absolute Gasteiger partial charge is 0.489 e. The molecular weight excluding hydrogens is 262 g/mol. The molecule has 6 heteroatoms. The zero-order valence-corrected chi connectivity index (χ0v) is 11.2. The molecule has 17 heavy (non-hydrogen) atoms. The molecule has 0 unspecified atom stereocenters. The number of rotatable bonds is 6. The van der Waals surface area contributed by atoms with Gasteiger partial charge in [0, 0.05) is 0 Å². The van der Waals surface area contributed by atoms with Crippen molar-refractivity contribution < 1.29 is 13.2 Å². The summed E-state index contributed by atoms with van der Waals surface area (Å²) in [5, 5.41) is 0.387. The molecule has 0 fully saturated rings. The molecule has 0 aromatic heterocycles. The second-order valence-corrected chi connectivity index (χ2v) is 6.37. The molecule has 1 aromatic rings. The van der Waals surface area contributed by atoms with Crippen molar-refractivity contribution in [1.29, 1.82) is 0 Å². The first kappa shape index (κ1) is 14.1. The Hall–Kier alpha value is -0.940. The van der Waals surface area contributed by atoms with Crippen molar-refractivity contribution in [1.82, 2.24) is 0 Å². The van der Waals surface area contributed by atoms with Gasteiger partial charge in [0.2, 0.25) is 0 Å². The molecule has 4 nitrogen and oxygen atoms in total. The lowest BCUT2D eigenvalue weighted by molar-refractivity contribution is 0.343. The SMILES string of the molecule is CCCS(=O)(=O)CCOc1c(N)cccc1Cl. The maximum Gasteiger partial charge on any atom is 0.160 e. The monoisotopic (exact) mass is 277 g/mol. The van der Waals surface area contributed by atoms with E-state index in [2.05, 4.69) is 0 Å². The lowest BCUT2D eigenvalue weighted by Gasteiger charge is -2.10. The molecule has 0 amide bonds. The van der Waals surface area contributed by atoms with E-state index < -0.39 is 9.84 Å². The Morgan fingerprint density at radius 2 is 2.06 bits per heavy atom. The number of hydrogen-bond acceptors (Lipinski definition) is 4. The molecule has 0 aliphatic heterocycles. The van der Waals surface area contributed by atoms with Gasteiger partial charge in [-0.1, -0.05) is 24.6 Å². The van der Waals surface area contributed by atoms with E-state index in [-0.39, 0.29) is 18.1 Å². The zero-order valence-electron chi connectivity index (χ0n) is 9.65. The van der Waals surface area contributed by atoms with Crippen molar-refractivity contribution in [3.8, 4) is 5.75 Å². The normalized spacial score (nSPS) is 11.4. The van der Waals surface area contributed by atoms with Crippen LogP contribution in [0.15, 0.2) is 18.2 Å². The Bertz CT molecular complexity index is 453. The molecule has 0 saturated carbocycles. The smallest absolute Gasteiger partial charge is 0.160 e. The molecule has 1 aromatic carbocycles. The minimum Gasteiger partial charge on any atom is -0.489 e. The Morgan fingerprint density at radius 3 is 2.65 bits per heavy atom. The lowest BCUT2D eigenvalue weighted by atomic mass is 10.3. The molecule has 0 aliphatic carbocycles. The highest BCUT2D eigenvalue weighted by atomic mass is 35.5. The summed E-state index contributed by atoms with van der Waals surface area (Å²) < 4.78 is 28.2. The van der Waals surface area contributed by atoms with E-state index in [1.165, 1.54) is 0 Å². The predicted octanol–water partition coefficient (Wildman–Crippen LogP) is 2.13. The minimum atomic E-state index is -3.04. The third-order valence-electron chi connectivity index (χ3n) is 2.15. The van der Waals surface area contributed by atoms with Crippen LogP contribution in [0.1, 0.15) is 13.3 Å². The molecule has 0 aliphatic rings. The number of para-hydroxylation sites is 1. The number of hydrogen-bond donors (Lipinski definition) is 1.